The highest BCUT2D eigenvalue weighted by molar-refractivity contribution is 5.92. The summed E-state index contributed by atoms with van der Waals surface area (Å²) in [5.74, 6) is -0.740. The van der Waals surface area contributed by atoms with E-state index in [0.717, 1.165) is 31.8 Å². The molecule has 0 spiro atoms. The van der Waals surface area contributed by atoms with Crippen molar-refractivity contribution in [2.45, 2.75) is 43.9 Å². The van der Waals surface area contributed by atoms with E-state index in [1.54, 1.807) is 24.3 Å². The predicted octanol–water partition coefficient (Wildman–Crippen LogP) is 2.16. The number of quaternary nitrogens is 1. The van der Waals surface area contributed by atoms with E-state index in [9.17, 15) is 22.8 Å². The summed E-state index contributed by atoms with van der Waals surface area (Å²) in [7, 11) is 2.05. The Bertz CT molecular complexity index is 1220. The average Bonchev–Trinajstić information content (AvgIpc) is 3.30. The molecule has 0 fully saturated rings. The van der Waals surface area contributed by atoms with Crippen LogP contribution in [0, 0.1) is 0 Å². The fourth-order valence-electron chi connectivity index (χ4n) is 4.64. The Labute approximate surface area is 231 Å². The summed E-state index contributed by atoms with van der Waals surface area (Å²) in [5.41, 5.74) is 18.4. The van der Waals surface area contributed by atoms with Crippen molar-refractivity contribution < 1.29 is 31.7 Å². The molecule has 1 aromatic heterocycles. The van der Waals surface area contributed by atoms with Crippen molar-refractivity contribution in [2.75, 3.05) is 39.8 Å². The molecule has 1 heterocycles. The van der Waals surface area contributed by atoms with Crippen molar-refractivity contribution >= 4 is 22.8 Å². The number of rotatable bonds is 15. The Morgan fingerprint density at radius 1 is 1.02 bits per heavy atom. The van der Waals surface area contributed by atoms with Gasteiger partial charge >= 0.3 is 6.18 Å². The van der Waals surface area contributed by atoms with Crippen LogP contribution in [-0.4, -0.2) is 73.0 Å². The maximum Gasteiger partial charge on any atom is 0.416 e. The number of fused-ring (bicyclic) bond motifs is 1. The van der Waals surface area contributed by atoms with Gasteiger partial charge in [0.1, 0.15) is 5.52 Å². The largest absolute Gasteiger partial charge is 0.440 e. The van der Waals surface area contributed by atoms with Gasteiger partial charge in [-0.2, -0.15) is 13.2 Å². The number of benzene rings is 2. The minimum Gasteiger partial charge on any atom is -0.440 e. The molecule has 0 bridgehead atoms. The summed E-state index contributed by atoms with van der Waals surface area (Å²) < 4.78 is 45.3. The van der Waals surface area contributed by atoms with Gasteiger partial charge < -0.3 is 31.4 Å². The van der Waals surface area contributed by atoms with E-state index < -0.39 is 35.5 Å². The lowest BCUT2D eigenvalue weighted by atomic mass is 9.98. The van der Waals surface area contributed by atoms with Crippen molar-refractivity contribution in [3.63, 3.8) is 0 Å². The normalized spacial score (nSPS) is 13.8. The van der Waals surface area contributed by atoms with Crippen molar-refractivity contribution in [1.82, 2.24) is 10.3 Å². The van der Waals surface area contributed by atoms with Crippen molar-refractivity contribution in [3.05, 3.63) is 65.5 Å². The maximum absolute atomic E-state index is 13.3. The van der Waals surface area contributed by atoms with E-state index in [4.69, 9.17) is 21.6 Å². The number of oxazole rings is 1. The van der Waals surface area contributed by atoms with Crippen LogP contribution in [-0.2, 0) is 28.6 Å². The molecule has 3 aromatic rings. The van der Waals surface area contributed by atoms with E-state index >= 15 is 0 Å². The Morgan fingerprint density at radius 3 is 2.27 bits per heavy atom. The molecule has 0 aliphatic heterocycles. The predicted molar refractivity (Wildman–Crippen MR) is 146 cm³/mol. The molecular formula is C28H38F3N6O3+. The smallest absolute Gasteiger partial charge is 0.416 e. The van der Waals surface area contributed by atoms with Crippen LogP contribution in [0.2, 0.25) is 0 Å². The molecule has 0 unspecified atom stereocenters. The molecule has 0 saturated heterocycles. The molecule has 0 aliphatic rings. The number of hydrogen-bond acceptors (Lipinski definition) is 7. The summed E-state index contributed by atoms with van der Waals surface area (Å²) in [6, 6.07) is 9.61. The highest BCUT2D eigenvalue weighted by atomic mass is 19.4. The molecule has 40 heavy (non-hydrogen) atoms. The first kappa shape index (κ1) is 31.2. The number of likely N-dealkylation sites (N-methyl/N-ethyl adjacent to an activating group) is 1. The van der Waals surface area contributed by atoms with Gasteiger partial charge in [-0.3, -0.25) is 9.59 Å². The summed E-state index contributed by atoms with van der Waals surface area (Å²) in [6.45, 7) is 3.26. The number of amides is 1. The number of nitrogens with one attached hydrogen (secondary N) is 1. The van der Waals surface area contributed by atoms with Gasteiger partial charge in [0.2, 0.25) is 11.8 Å². The number of nitrogens with two attached hydrogens (primary N) is 3. The van der Waals surface area contributed by atoms with E-state index in [1.165, 1.54) is 12.1 Å². The van der Waals surface area contributed by atoms with Crippen LogP contribution in [0.5, 0.6) is 0 Å². The van der Waals surface area contributed by atoms with Gasteiger partial charge in [-0.1, -0.05) is 24.3 Å². The second-order valence-electron chi connectivity index (χ2n) is 10.3. The maximum atomic E-state index is 13.3. The molecule has 7 N–H and O–H groups in total. The molecule has 12 heteroatoms. The summed E-state index contributed by atoms with van der Waals surface area (Å²) in [5, 5.41) is 2.71. The highest BCUT2D eigenvalue weighted by Crippen LogP contribution is 2.29. The number of nitrogens with zero attached hydrogens (tertiary/aromatic N) is 2. The summed E-state index contributed by atoms with van der Waals surface area (Å²) in [4.78, 5) is 30.6. The molecule has 1 amide bonds. The standard InChI is InChI=1S/C28H37F3N6O3/c1-37(15-12-32,16-13-33)14-4-5-21(34)27(39)36-23(17-19-8-10-20(11-9-19)28(29,30)31)24(38)18-26-35-22-6-2-3-7-25(22)40-26/h2-3,6-11,21,23H,4-5,12-18,32-34H2,1H3/p+1/t21-,23-/m0/s1. The van der Waals surface area contributed by atoms with Crippen molar-refractivity contribution in [2.24, 2.45) is 17.2 Å². The number of aromatic nitrogens is 1. The van der Waals surface area contributed by atoms with Crippen LogP contribution in [0.15, 0.2) is 52.9 Å². The van der Waals surface area contributed by atoms with Gasteiger partial charge in [-0.05, 0) is 49.1 Å². The minimum absolute atomic E-state index is 0.0163. The summed E-state index contributed by atoms with van der Waals surface area (Å²) in [6.07, 6.45) is -3.68. The molecular weight excluding hydrogens is 525 g/mol. The lowest BCUT2D eigenvalue weighted by Crippen LogP contribution is -2.52. The number of Topliss-reactive ketones (excluding diaryl/α,β-unsaturated/α-hetero) is 1. The monoisotopic (exact) mass is 563 g/mol. The number of alkyl halides is 3. The number of halogens is 3. The molecule has 218 valence electrons. The Morgan fingerprint density at radius 2 is 1.68 bits per heavy atom. The van der Waals surface area contributed by atoms with Crippen molar-refractivity contribution in [1.29, 1.82) is 0 Å². The van der Waals surface area contributed by atoms with E-state index in [-0.39, 0.29) is 18.7 Å². The number of carbonyl (C=O) groups excluding carboxylic acids is 2. The fourth-order valence-corrected chi connectivity index (χ4v) is 4.64. The number of ketones is 1. The Hall–Kier alpha value is -3.32. The topological polar surface area (TPSA) is 150 Å². The lowest BCUT2D eigenvalue weighted by molar-refractivity contribution is -0.907. The highest BCUT2D eigenvalue weighted by Gasteiger charge is 2.31. The summed E-state index contributed by atoms with van der Waals surface area (Å²) >= 11 is 0. The van der Waals surface area contributed by atoms with Crippen LogP contribution < -0.4 is 22.5 Å². The minimum atomic E-state index is -4.48. The first-order chi connectivity index (χ1) is 18.9. The Balaban J connectivity index is 1.70. The molecule has 0 saturated carbocycles. The molecule has 9 nitrogen and oxygen atoms in total. The average molecular weight is 564 g/mol. The zero-order valence-electron chi connectivity index (χ0n) is 22.6. The van der Waals surface area contributed by atoms with E-state index in [2.05, 4.69) is 17.3 Å². The van der Waals surface area contributed by atoms with Crippen LogP contribution in [0.1, 0.15) is 29.9 Å². The van der Waals surface area contributed by atoms with Crippen LogP contribution in [0.3, 0.4) is 0 Å². The van der Waals surface area contributed by atoms with Gasteiger partial charge in [-0.15, -0.1) is 0 Å². The van der Waals surface area contributed by atoms with Crippen LogP contribution in [0.4, 0.5) is 13.2 Å². The van der Waals surface area contributed by atoms with Crippen LogP contribution >= 0.6 is 0 Å². The van der Waals surface area contributed by atoms with Gasteiger partial charge in [0.15, 0.2) is 11.4 Å². The second-order valence-corrected chi connectivity index (χ2v) is 10.3. The molecule has 0 aliphatic carbocycles. The molecule has 3 rings (SSSR count). The zero-order valence-corrected chi connectivity index (χ0v) is 22.6. The van der Waals surface area contributed by atoms with Gasteiger partial charge in [-0.25, -0.2) is 4.98 Å². The first-order valence-corrected chi connectivity index (χ1v) is 13.3. The number of para-hydroxylation sites is 2. The van der Waals surface area contributed by atoms with Gasteiger partial charge in [0.05, 0.1) is 50.7 Å². The van der Waals surface area contributed by atoms with Crippen LogP contribution in [0.25, 0.3) is 11.1 Å². The van der Waals surface area contributed by atoms with E-state index in [1.807, 2.05) is 0 Å². The van der Waals surface area contributed by atoms with E-state index in [0.29, 0.717) is 47.1 Å². The third-order valence-corrected chi connectivity index (χ3v) is 6.98. The zero-order chi connectivity index (χ0) is 29.3. The fraction of sp³-hybridized carbons (Fsp3) is 0.464. The Kier molecular flexibility index (Phi) is 10.8. The number of hydrogen-bond donors (Lipinski definition) is 4. The third-order valence-electron chi connectivity index (χ3n) is 6.98. The number of carbonyl (C=O) groups is 2. The molecule has 2 atom stereocenters. The molecule has 2 aromatic carbocycles. The van der Waals surface area contributed by atoms with Gasteiger partial charge in [0.25, 0.3) is 0 Å². The quantitative estimate of drug-likeness (QED) is 0.207. The lowest BCUT2D eigenvalue weighted by Gasteiger charge is -2.34. The first-order valence-electron chi connectivity index (χ1n) is 13.3. The molecule has 0 radical (unpaired) electrons. The third kappa shape index (κ3) is 8.85. The van der Waals surface area contributed by atoms with Gasteiger partial charge in [0, 0.05) is 13.1 Å². The second kappa shape index (κ2) is 13.8. The van der Waals surface area contributed by atoms with Crippen molar-refractivity contribution in [3.8, 4) is 0 Å². The SMILES string of the molecule is C[N+](CCN)(CCN)CCC[C@H](N)C(=O)N[C@@H](Cc1ccc(C(F)(F)F)cc1)C(=O)Cc1nc2ccccc2o1.